The summed E-state index contributed by atoms with van der Waals surface area (Å²) in [6.07, 6.45) is 1.66. The fourth-order valence-electron chi connectivity index (χ4n) is 2.46. The highest BCUT2D eigenvalue weighted by Crippen LogP contribution is 2.25. The Bertz CT molecular complexity index is 831. The number of hydrogen-bond donors (Lipinski definition) is 1. The highest BCUT2D eigenvalue weighted by molar-refractivity contribution is 5.95. The minimum Gasteiger partial charge on any atom is -0.497 e. The first-order chi connectivity index (χ1) is 11.2. The fraction of sp³-hybridized carbons (Fsp3) is 0.158. The Morgan fingerprint density at radius 3 is 2.61 bits per heavy atom. The van der Waals surface area contributed by atoms with Crippen molar-refractivity contribution in [2.24, 2.45) is 0 Å². The normalized spacial score (nSPS) is 11.9. The van der Waals surface area contributed by atoms with Gasteiger partial charge in [0.25, 0.3) is 0 Å². The highest BCUT2D eigenvalue weighted by atomic mass is 16.5. The van der Waals surface area contributed by atoms with Crippen molar-refractivity contribution in [3.05, 3.63) is 66.4 Å². The van der Waals surface area contributed by atoms with Crippen LogP contribution in [0.25, 0.3) is 10.8 Å². The number of carbonyl (C=O) groups excluding carboxylic acids is 1. The van der Waals surface area contributed by atoms with Gasteiger partial charge in [-0.2, -0.15) is 0 Å². The van der Waals surface area contributed by atoms with E-state index in [1.54, 1.807) is 19.4 Å². The molecule has 116 valence electrons. The molecule has 0 saturated carbocycles. The Labute approximate surface area is 135 Å². The maximum Gasteiger partial charge on any atom is 0.232 e. The molecule has 1 unspecified atom stereocenters. The Hall–Kier alpha value is -2.88. The second-order valence-electron chi connectivity index (χ2n) is 5.40. The summed E-state index contributed by atoms with van der Waals surface area (Å²) in [5, 5.41) is 5.01. The molecule has 0 aliphatic heterocycles. The van der Waals surface area contributed by atoms with Crippen molar-refractivity contribution in [3.8, 4) is 5.75 Å². The maximum atomic E-state index is 12.4. The molecule has 1 aromatic heterocycles. The molecule has 2 aromatic carbocycles. The van der Waals surface area contributed by atoms with Gasteiger partial charge in [0.05, 0.1) is 13.0 Å². The Morgan fingerprint density at radius 1 is 1.09 bits per heavy atom. The van der Waals surface area contributed by atoms with E-state index in [1.165, 1.54) is 0 Å². The van der Waals surface area contributed by atoms with Crippen molar-refractivity contribution in [3.63, 3.8) is 0 Å². The number of ether oxygens (including phenoxy) is 1. The number of nitrogens with zero attached hydrogens (tertiary/aromatic N) is 1. The average Bonchev–Trinajstić information content (AvgIpc) is 2.61. The molecule has 0 radical (unpaired) electrons. The molecule has 0 spiro atoms. The Kier molecular flexibility index (Phi) is 4.24. The maximum absolute atomic E-state index is 12.4. The number of pyridine rings is 1. The Balaban J connectivity index is 1.82. The minimum atomic E-state index is -0.261. The third kappa shape index (κ3) is 3.31. The zero-order chi connectivity index (χ0) is 16.2. The lowest BCUT2D eigenvalue weighted by atomic mass is 9.97. The molecule has 4 heteroatoms. The molecule has 1 atom stereocenters. The number of anilines is 1. The molecular formula is C19H18N2O2. The number of benzene rings is 2. The lowest BCUT2D eigenvalue weighted by Crippen LogP contribution is -2.19. The van der Waals surface area contributed by atoms with Crippen molar-refractivity contribution in [1.29, 1.82) is 0 Å². The van der Waals surface area contributed by atoms with E-state index in [-0.39, 0.29) is 11.8 Å². The number of aromatic nitrogens is 1. The molecule has 1 N–H and O–H groups in total. The molecule has 23 heavy (non-hydrogen) atoms. The SMILES string of the molecule is COc1ccc2cc(C(C)C(=O)Nc3ccccn3)ccc2c1. The van der Waals surface area contributed by atoms with Crippen molar-refractivity contribution < 1.29 is 9.53 Å². The van der Waals surface area contributed by atoms with Gasteiger partial charge in [-0.15, -0.1) is 0 Å². The van der Waals surface area contributed by atoms with Gasteiger partial charge in [-0.1, -0.05) is 30.3 Å². The quantitative estimate of drug-likeness (QED) is 0.793. The number of fused-ring (bicyclic) bond motifs is 1. The first-order valence-electron chi connectivity index (χ1n) is 7.47. The van der Waals surface area contributed by atoms with Gasteiger partial charge in [-0.3, -0.25) is 4.79 Å². The molecule has 0 aliphatic rings. The van der Waals surface area contributed by atoms with Crippen LogP contribution in [0.4, 0.5) is 5.82 Å². The summed E-state index contributed by atoms with van der Waals surface area (Å²) in [5.74, 6) is 1.06. The average molecular weight is 306 g/mol. The van der Waals surface area contributed by atoms with Crippen LogP contribution in [0.5, 0.6) is 5.75 Å². The van der Waals surface area contributed by atoms with Gasteiger partial charge in [-0.05, 0) is 47.5 Å². The predicted octanol–water partition coefficient (Wildman–Crippen LogP) is 3.99. The monoisotopic (exact) mass is 306 g/mol. The van der Waals surface area contributed by atoms with Crippen LogP contribution in [-0.2, 0) is 4.79 Å². The van der Waals surface area contributed by atoms with Crippen LogP contribution in [0.3, 0.4) is 0 Å². The van der Waals surface area contributed by atoms with Crippen molar-refractivity contribution in [2.75, 3.05) is 12.4 Å². The summed E-state index contributed by atoms with van der Waals surface area (Å²) >= 11 is 0. The number of carbonyl (C=O) groups is 1. The molecule has 0 aliphatic carbocycles. The predicted molar refractivity (Wildman–Crippen MR) is 91.8 cm³/mol. The second kappa shape index (κ2) is 6.48. The molecule has 1 heterocycles. The third-order valence-corrected chi connectivity index (χ3v) is 3.88. The van der Waals surface area contributed by atoms with Crippen LogP contribution in [0.1, 0.15) is 18.4 Å². The number of methoxy groups -OCH3 is 1. The summed E-state index contributed by atoms with van der Waals surface area (Å²) in [6.45, 7) is 1.89. The van der Waals surface area contributed by atoms with E-state index in [9.17, 15) is 4.79 Å². The van der Waals surface area contributed by atoms with Crippen LogP contribution < -0.4 is 10.1 Å². The number of amides is 1. The van der Waals surface area contributed by atoms with Crippen LogP contribution in [0.2, 0.25) is 0 Å². The molecule has 0 fully saturated rings. The number of nitrogens with one attached hydrogen (secondary N) is 1. The Morgan fingerprint density at radius 2 is 1.87 bits per heavy atom. The second-order valence-corrected chi connectivity index (χ2v) is 5.40. The van der Waals surface area contributed by atoms with Gasteiger partial charge < -0.3 is 10.1 Å². The summed E-state index contributed by atoms with van der Waals surface area (Å²) in [7, 11) is 1.65. The van der Waals surface area contributed by atoms with Gasteiger partial charge in [0, 0.05) is 6.20 Å². The molecule has 3 aromatic rings. The van der Waals surface area contributed by atoms with E-state index >= 15 is 0 Å². The van der Waals surface area contributed by atoms with E-state index in [1.807, 2.05) is 55.5 Å². The number of rotatable bonds is 4. The minimum absolute atomic E-state index is 0.0726. The first kappa shape index (κ1) is 15.0. The van der Waals surface area contributed by atoms with Crippen LogP contribution in [0.15, 0.2) is 60.8 Å². The molecule has 3 rings (SSSR count). The molecule has 1 amide bonds. The zero-order valence-electron chi connectivity index (χ0n) is 13.1. The van der Waals surface area contributed by atoms with Gasteiger partial charge in [-0.25, -0.2) is 4.98 Å². The van der Waals surface area contributed by atoms with E-state index in [0.29, 0.717) is 5.82 Å². The number of hydrogen-bond acceptors (Lipinski definition) is 3. The summed E-state index contributed by atoms with van der Waals surface area (Å²) in [4.78, 5) is 16.5. The van der Waals surface area contributed by atoms with Crippen LogP contribution in [-0.4, -0.2) is 18.0 Å². The van der Waals surface area contributed by atoms with Crippen molar-refractivity contribution in [2.45, 2.75) is 12.8 Å². The van der Waals surface area contributed by atoms with Crippen molar-refractivity contribution >= 4 is 22.5 Å². The van der Waals surface area contributed by atoms with Gasteiger partial charge in [0.1, 0.15) is 11.6 Å². The van der Waals surface area contributed by atoms with Crippen molar-refractivity contribution in [1.82, 2.24) is 4.98 Å². The summed E-state index contributed by atoms with van der Waals surface area (Å²) < 4.78 is 5.23. The van der Waals surface area contributed by atoms with E-state index in [4.69, 9.17) is 4.74 Å². The van der Waals surface area contributed by atoms with Crippen LogP contribution >= 0.6 is 0 Å². The first-order valence-corrected chi connectivity index (χ1v) is 7.47. The van der Waals surface area contributed by atoms with E-state index in [2.05, 4.69) is 10.3 Å². The molecule has 4 nitrogen and oxygen atoms in total. The van der Waals surface area contributed by atoms with Crippen LogP contribution in [0, 0.1) is 0 Å². The molecule has 0 bridgehead atoms. The standard InChI is InChI=1S/C19H18N2O2/c1-13(19(22)21-18-5-3-4-10-20-18)14-6-7-16-12-17(23-2)9-8-15(16)11-14/h3-13H,1-2H3,(H,20,21,22). The lowest BCUT2D eigenvalue weighted by Gasteiger charge is -2.13. The summed E-state index contributed by atoms with van der Waals surface area (Å²) in [6, 6.07) is 17.4. The van der Waals surface area contributed by atoms with Gasteiger partial charge in [0.2, 0.25) is 5.91 Å². The molecular weight excluding hydrogens is 288 g/mol. The van der Waals surface area contributed by atoms with Gasteiger partial charge >= 0.3 is 0 Å². The van der Waals surface area contributed by atoms with E-state index < -0.39 is 0 Å². The summed E-state index contributed by atoms with van der Waals surface area (Å²) in [5.41, 5.74) is 0.969. The third-order valence-electron chi connectivity index (χ3n) is 3.88. The highest BCUT2D eigenvalue weighted by Gasteiger charge is 2.16. The van der Waals surface area contributed by atoms with Gasteiger partial charge in [0.15, 0.2) is 0 Å². The lowest BCUT2D eigenvalue weighted by molar-refractivity contribution is -0.117. The fourth-order valence-corrected chi connectivity index (χ4v) is 2.46. The van der Waals surface area contributed by atoms with E-state index in [0.717, 1.165) is 22.1 Å². The molecule has 0 saturated heterocycles. The topological polar surface area (TPSA) is 51.2 Å². The smallest absolute Gasteiger partial charge is 0.232 e. The zero-order valence-corrected chi connectivity index (χ0v) is 13.1. The largest absolute Gasteiger partial charge is 0.497 e.